The molecule has 2 aromatic heterocycles. The zero-order chi connectivity index (χ0) is 17.3. The van der Waals surface area contributed by atoms with Crippen LogP contribution in [-0.2, 0) is 27.1 Å². The summed E-state index contributed by atoms with van der Waals surface area (Å²) < 4.78 is 3.09. The molecule has 0 atom stereocenters. The van der Waals surface area contributed by atoms with Crippen LogP contribution in [0.5, 0.6) is 0 Å². The molecule has 0 N–H and O–H groups in total. The predicted octanol–water partition coefficient (Wildman–Crippen LogP) is 1.05. The normalized spacial score (nSPS) is 15.9. The molecule has 0 bridgehead atoms. The zero-order valence-corrected chi connectivity index (χ0v) is 15.1. The van der Waals surface area contributed by atoms with Crippen molar-refractivity contribution in [2.45, 2.75) is 19.9 Å². The van der Waals surface area contributed by atoms with Crippen molar-refractivity contribution >= 4 is 17.3 Å². The highest BCUT2D eigenvalue weighted by molar-refractivity contribution is 6.30. The quantitative estimate of drug-likeness (QED) is 0.825. The van der Waals surface area contributed by atoms with Gasteiger partial charge >= 0.3 is 0 Å². The number of aromatic nitrogens is 4. The minimum Gasteiger partial charge on any atom is -0.368 e. The van der Waals surface area contributed by atoms with E-state index in [4.69, 9.17) is 11.6 Å². The number of piperazine rings is 1. The van der Waals surface area contributed by atoms with Gasteiger partial charge in [0.25, 0.3) is 5.56 Å². The molecule has 0 aliphatic carbocycles. The van der Waals surface area contributed by atoms with Crippen molar-refractivity contribution in [1.82, 2.24) is 24.5 Å². The van der Waals surface area contributed by atoms with E-state index in [-0.39, 0.29) is 5.56 Å². The van der Waals surface area contributed by atoms with Crippen LogP contribution in [0.2, 0.25) is 5.15 Å². The van der Waals surface area contributed by atoms with Gasteiger partial charge in [-0.1, -0.05) is 18.5 Å². The van der Waals surface area contributed by atoms with Crippen molar-refractivity contribution < 1.29 is 0 Å². The molecule has 0 aromatic carbocycles. The first kappa shape index (κ1) is 17.0. The van der Waals surface area contributed by atoms with Gasteiger partial charge in [0.15, 0.2) is 0 Å². The van der Waals surface area contributed by atoms with Gasteiger partial charge in [-0.25, -0.2) is 4.68 Å². The van der Waals surface area contributed by atoms with Gasteiger partial charge in [0.1, 0.15) is 5.15 Å². The summed E-state index contributed by atoms with van der Waals surface area (Å²) in [7, 11) is 3.54. The zero-order valence-electron chi connectivity index (χ0n) is 14.4. The summed E-state index contributed by atoms with van der Waals surface area (Å²) in [5, 5.41) is 9.30. The first-order valence-corrected chi connectivity index (χ1v) is 8.58. The number of hydrogen-bond acceptors (Lipinski definition) is 5. The summed E-state index contributed by atoms with van der Waals surface area (Å²) >= 11 is 6.39. The van der Waals surface area contributed by atoms with Gasteiger partial charge in [-0.15, -0.1) is 0 Å². The minimum absolute atomic E-state index is 0.0790. The smallest absolute Gasteiger partial charge is 0.268 e. The molecule has 1 saturated heterocycles. The van der Waals surface area contributed by atoms with Crippen LogP contribution in [0.3, 0.4) is 0 Å². The highest BCUT2D eigenvalue weighted by atomic mass is 35.5. The van der Waals surface area contributed by atoms with Crippen molar-refractivity contribution in [3.8, 4) is 0 Å². The average molecular weight is 351 g/mol. The second-order valence-corrected chi connectivity index (χ2v) is 6.49. The molecule has 1 fully saturated rings. The lowest BCUT2D eigenvalue weighted by Crippen LogP contribution is -2.46. The highest BCUT2D eigenvalue weighted by Gasteiger charge is 2.21. The Morgan fingerprint density at radius 2 is 1.88 bits per heavy atom. The fraction of sp³-hybridized carbons (Fsp3) is 0.562. The summed E-state index contributed by atoms with van der Waals surface area (Å²) in [4.78, 5) is 16.3. The molecule has 0 unspecified atom stereocenters. The maximum Gasteiger partial charge on any atom is 0.268 e. The Bertz CT molecular complexity index is 775. The lowest BCUT2D eigenvalue weighted by molar-refractivity contribution is 0.249. The van der Waals surface area contributed by atoms with Crippen LogP contribution in [-0.4, -0.2) is 50.6 Å². The van der Waals surface area contributed by atoms with Crippen molar-refractivity contribution in [3.63, 3.8) is 0 Å². The minimum atomic E-state index is -0.0790. The monoisotopic (exact) mass is 350 g/mol. The molecule has 0 spiro atoms. The van der Waals surface area contributed by atoms with Crippen LogP contribution in [0, 0.1) is 0 Å². The van der Waals surface area contributed by atoms with Crippen LogP contribution in [0.25, 0.3) is 0 Å². The third-order valence-corrected chi connectivity index (χ3v) is 5.03. The molecular weight excluding hydrogens is 328 g/mol. The Morgan fingerprint density at radius 1 is 1.17 bits per heavy atom. The van der Waals surface area contributed by atoms with Gasteiger partial charge in [-0.3, -0.25) is 14.4 Å². The highest BCUT2D eigenvalue weighted by Crippen LogP contribution is 2.23. The van der Waals surface area contributed by atoms with Gasteiger partial charge < -0.3 is 4.90 Å². The van der Waals surface area contributed by atoms with E-state index in [2.05, 4.69) is 26.9 Å². The van der Waals surface area contributed by atoms with Gasteiger partial charge in [0, 0.05) is 58.4 Å². The lowest BCUT2D eigenvalue weighted by Gasteiger charge is -2.35. The number of anilines is 1. The molecule has 24 heavy (non-hydrogen) atoms. The Balaban J connectivity index is 1.65. The van der Waals surface area contributed by atoms with Gasteiger partial charge in [0.2, 0.25) is 0 Å². The molecule has 130 valence electrons. The Hall–Kier alpha value is -1.86. The number of aryl methyl sites for hydroxylation is 3. The van der Waals surface area contributed by atoms with Crippen molar-refractivity contribution in [2.75, 3.05) is 31.1 Å². The first-order chi connectivity index (χ1) is 11.5. The maximum atomic E-state index is 11.7. The van der Waals surface area contributed by atoms with E-state index >= 15 is 0 Å². The first-order valence-electron chi connectivity index (χ1n) is 8.20. The van der Waals surface area contributed by atoms with Crippen LogP contribution in [0.1, 0.15) is 18.2 Å². The average Bonchev–Trinajstić information content (AvgIpc) is 2.86. The van der Waals surface area contributed by atoms with Crippen molar-refractivity contribution in [3.05, 3.63) is 39.0 Å². The standard InChI is InChI=1S/C16H23ClN6O/c1-4-14-13(16(17)21(3)19-14)11-22-5-7-23(8-6-22)12-9-15(24)20(2)18-10-12/h9-10H,4-8,11H2,1-3H3. The molecule has 2 aromatic rings. The fourth-order valence-electron chi connectivity index (χ4n) is 3.06. The lowest BCUT2D eigenvalue weighted by atomic mass is 10.2. The SMILES string of the molecule is CCc1nn(C)c(Cl)c1CN1CCN(c2cnn(C)c(=O)c2)CC1. The van der Waals surface area contributed by atoms with E-state index in [0.717, 1.165) is 61.2 Å². The third-order valence-electron chi connectivity index (χ3n) is 4.56. The molecule has 7 nitrogen and oxygen atoms in total. The van der Waals surface area contributed by atoms with Gasteiger partial charge in [0.05, 0.1) is 17.6 Å². The molecule has 0 amide bonds. The Labute approximate surface area is 146 Å². The molecular formula is C16H23ClN6O. The fourth-order valence-corrected chi connectivity index (χ4v) is 3.27. The summed E-state index contributed by atoms with van der Waals surface area (Å²) in [6, 6.07) is 1.65. The Morgan fingerprint density at radius 3 is 2.50 bits per heavy atom. The second kappa shape index (κ2) is 6.94. The topological polar surface area (TPSA) is 59.2 Å². The molecule has 3 heterocycles. The summed E-state index contributed by atoms with van der Waals surface area (Å²) in [5.74, 6) is 0. The van der Waals surface area contributed by atoms with Gasteiger partial charge in [-0.2, -0.15) is 10.2 Å². The van der Waals surface area contributed by atoms with E-state index in [1.807, 2.05) is 7.05 Å². The van der Waals surface area contributed by atoms with Crippen molar-refractivity contribution in [1.29, 1.82) is 0 Å². The van der Waals surface area contributed by atoms with Crippen LogP contribution in [0.15, 0.2) is 17.1 Å². The maximum absolute atomic E-state index is 11.7. The summed E-state index contributed by atoms with van der Waals surface area (Å²) in [6.07, 6.45) is 2.64. The molecule has 1 aliphatic rings. The number of rotatable bonds is 4. The van der Waals surface area contributed by atoms with E-state index in [1.54, 1.807) is 24.0 Å². The third kappa shape index (κ3) is 3.32. The van der Waals surface area contributed by atoms with E-state index in [0.29, 0.717) is 0 Å². The number of halogens is 1. The summed E-state index contributed by atoms with van der Waals surface area (Å²) in [5.41, 5.74) is 3.02. The number of nitrogens with zero attached hydrogens (tertiary/aromatic N) is 6. The van der Waals surface area contributed by atoms with E-state index in [1.165, 1.54) is 4.68 Å². The molecule has 0 saturated carbocycles. The van der Waals surface area contributed by atoms with Crippen LogP contribution < -0.4 is 10.5 Å². The van der Waals surface area contributed by atoms with Crippen molar-refractivity contribution in [2.24, 2.45) is 14.1 Å². The largest absolute Gasteiger partial charge is 0.368 e. The number of hydrogen-bond donors (Lipinski definition) is 0. The van der Waals surface area contributed by atoms with E-state index < -0.39 is 0 Å². The Kier molecular flexibility index (Phi) is 4.91. The summed E-state index contributed by atoms with van der Waals surface area (Å²) in [6.45, 7) is 6.50. The molecule has 8 heteroatoms. The predicted molar refractivity (Wildman–Crippen MR) is 94.6 cm³/mol. The molecule has 1 aliphatic heterocycles. The van der Waals surface area contributed by atoms with E-state index in [9.17, 15) is 4.79 Å². The van der Waals surface area contributed by atoms with Crippen LogP contribution in [0.4, 0.5) is 5.69 Å². The molecule has 0 radical (unpaired) electrons. The second-order valence-electron chi connectivity index (χ2n) is 6.13. The molecule has 3 rings (SSSR count). The van der Waals surface area contributed by atoms with Crippen LogP contribution >= 0.6 is 11.6 Å². The van der Waals surface area contributed by atoms with Gasteiger partial charge in [-0.05, 0) is 6.42 Å².